The molecule has 0 bridgehead atoms. The smallest absolute Gasteiger partial charge is 0.315 e. The Labute approximate surface area is 99.4 Å². The lowest BCUT2D eigenvalue weighted by Gasteiger charge is -2.01. The number of carbonyl (C=O) groups excluding carboxylic acids is 1. The number of carbonyl (C=O) groups is 1. The first kappa shape index (κ1) is 11.8. The molecule has 7 heteroatoms. The maximum atomic E-state index is 10.6. The zero-order valence-corrected chi connectivity index (χ0v) is 9.82. The first-order valence-corrected chi connectivity index (χ1v) is 5.78. The van der Waals surface area contributed by atoms with E-state index in [0.29, 0.717) is 37.6 Å². The molecule has 0 spiro atoms. The van der Waals surface area contributed by atoms with E-state index in [-0.39, 0.29) is 5.91 Å². The van der Waals surface area contributed by atoms with Crippen LogP contribution >= 0.6 is 0 Å². The summed E-state index contributed by atoms with van der Waals surface area (Å²) in [6.07, 6.45) is 2.46. The predicted molar refractivity (Wildman–Crippen MR) is 61.3 cm³/mol. The second-order valence-corrected chi connectivity index (χ2v) is 4.07. The molecule has 1 aromatic rings. The Balaban J connectivity index is 1.64. The zero-order valence-electron chi connectivity index (χ0n) is 9.82. The van der Waals surface area contributed by atoms with E-state index >= 15 is 0 Å². The molecule has 7 nitrogen and oxygen atoms in total. The molecule has 0 radical (unpaired) electrons. The van der Waals surface area contributed by atoms with Crippen LogP contribution in [0.15, 0.2) is 4.42 Å². The topological polar surface area (TPSA) is 92.1 Å². The minimum absolute atomic E-state index is 0.0494. The number of nitrogens with zero attached hydrogens (tertiary/aromatic N) is 2. The molecule has 1 aromatic heterocycles. The molecule has 1 saturated carbocycles. The van der Waals surface area contributed by atoms with Gasteiger partial charge in [0.2, 0.25) is 11.8 Å². The van der Waals surface area contributed by atoms with Gasteiger partial charge < -0.3 is 20.4 Å². The second kappa shape index (κ2) is 5.62. The molecule has 0 atom stereocenters. The molecule has 2 rings (SSSR count). The fourth-order valence-corrected chi connectivity index (χ4v) is 1.32. The highest BCUT2D eigenvalue weighted by atomic mass is 16.4. The maximum absolute atomic E-state index is 10.6. The Kier molecular flexibility index (Phi) is 3.92. The highest BCUT2D eigenvalue weighted by Gasteiger charge is 2.21. The van der Waals surface area contributed by atoms with E-state index in [4.69, 9.17) is 4.42 Å². The largest absolute Gasteiger partial charge is 0.407 e. The van der Waals surface area contributed by atoms with Crippen LogP contribution in [0.1, 0.15) is 25.7 Å². The van der Waals surface area contributed by atoms with Gasteiger partial charge in [-0.05, 0) is 12.8 Å². The minimum atomic E-state index is -0.0494. The van der Waals surface area contributed by atoms with Crippen LogP contribution in [0.4, 0.5) is 6.01 Å². The van der Waals surface area contributed by atoms with Crippen molar-refractivity contribution in [1.82, 2.24) is 20.8 Å². The molecule has 0 aromatic carbocycles. The van der Waals surface area contributed by atoms with E-state index in [1.807, 2.05) is 0 Å². The summed E-state index contributed by atoms with van der Waals surface area (Å²) in [5.41, 5.74) is 0. The van der Waals surface area contributed by atoms with Crippen molar-refractivity contribution in [1.29, 1.82) is 0 Å². The van der Waals surface area contributed by atoms with Gasteiger partial charge in [0.15, 0.2) is 0 Å². The summed E-state index contributed by atoms with van der Waals surface area (Å²) in [7, 11) is 0. The maximum Gasteiger partial charge on any atom is 0.315 e. The average molecular weight is 239 g/mol. The monoisotopic (exact) mass is 239 g/mol. The van der Waals surface area contributed by atoms with Gasteiger partial charge in [0.05, 0.1) is 6.54 Å². The van der Waals surface area contributed by atoms with Crippen molar-refractivity contribution in [3.05, 3.63) is 5.89 Å². The normalized spacial score (nSPS) is 14.6. The Morgan fingerprint density at radius 2 is 2.24 bits per heavy atom. The lowest BCUT2D eigenvalue weighted by Crippen LogP contribution is -2.26. The van der Waals surface area contributed by atoms with Crippen molar-refractivity contribution in [3.8, 4) is 0 Å². The fourth-order valence-electron chi connectivity index (χ4n) is 1.32. The van der Waals surface area contributed by atoms with Crippen molar-refractivity contribution in [2.24, 2.45) is 0 Å². The highest BCUT2D eigenvalue weighted by molar-refractivity contribution is 5.72. The lowest BCUT2D eigenvalue weighted by molar-refractivity contribution is -0.118. The molecule has 0 saturated heterocycles. The molecular formula is C10H17N5O2. The molecule has 1 aliphatic rings. The molecule has 1 fully saturated rings. The number of nitrogens with one attached hydrogen (secondary N) is 3. The number of rotatable bonds is 7. The lowest BCUT2D eigenvalue weighted by atomic mass is 10.6. The van der Waals surface area contributed by atoms with Crippen LogP contribution in [0.3, 0.4) is 0 Å². The molecule has 3 N–H and O–H groups in total. The van der Waals surface area contributed by atoms with Gasteiger partial charge in [-0.15, -0.1) is 5.10 Å². The Hall–Kier alpha value is -1.63. The van der Waals surface area contributed by atoms with Crippen LogP contribution in [0.2, 0.25) is 0 Å². The summed E-state index contributed by atoms with van der Waals surface area (Å²) in [6.45, 7) is 3.20. The van der Waals surface area contributed by atoms with E-state index in [9.17, 15) is 4.79 Å². The standard InChI is InChI=1S/C10H17N5O2/c1-7(16)11-4-5-12-10-15-14-9(17-10)6-13-8-2-3-8/h8,13H,2-6H2,1H3,(H,11,16)(H,12,15). The predicted octanol–water partition coefficient (Wildman–Crippen LogP) is -0.130. The summed E-state index contributed by atoms with van der Waals surface area (Å²) in [5.74, 6) is 0.533. The number of amides is 1. The van der Waals surface area contributed by atoms with Crippen molar-refractivity contribution >= 4 is 11.9 Å². The van der Waals surface area contributed by atoms with Gasteiger partial charge in [-0.3, -0.25) is 4.79 Å². The number of anilines is 1. The third-order valence-corrected chi connectivity index (χ3v) is 2.36. The summed E-state index contributed by atoms with van der Waals surface area (Å²) in [5, 5.41) is 16.6. The van der Waals surface area contributed by atoms with E-state index < -0.39 is 0 Å². The Bertz CT molecular complexity index is 375. The summed E-state index contributed by atoms with van der Waals surface area (Å²) in [6, 6.07) is 1.01. The molecule has 0 unspecified atom stereocenters. The Morgan fingerprint density at radius 1 is 1.41 bits per heavy atom. The van der Waals surface area contributed by atoms with Crippen molar-refractivity contribution < 1.29 is 9.21 Å². The second-order valence-electron chi connectivity index (χ2n) is 4.07. The molecule has 1 heterocycles. The fraction of sp³-hybridized carbons (Fsp3) is 0.700. The van der Waals surface area contributed by atoms with Crippen LogP contribution in [-0.2, 0) is 11.3 Å². The van der Waals surface area contributed by atoms with E-state index in [2.05, 4.69) is 26.1 Å². The van der Waals surface area contributed by atoms with Crippen LogP contribution < -0.4 is 16.0 Å². The first-order valence-electron chi connectivity index (χ1n) is 5.78. The van der Waals surface area contributed by atoms with Gasteiger partial charge >= 0.3 is 6.01 Å². The Morgan fingerprint density at radius 3 is 2.94 bits per heavy atom. The molecule has 0 aliphatic heterocycles. The van der Waals surface area contributed by atoms with Gasteiger partial charge in [0.25, 0.3) is 0 Å². The summed E-state index contributed by atoms with van der Waals surface area (Å²) >= 11 is 0. The number of aromatic nitrogens is 2. The van der Waals surface area contributed by atoms with Gasteiger partial charge in [0.1, 0.15) is 0 Å². The van der Waals surface area contributed by atoms with E-state index in [1.165, 1.54) is 19.8 Å². The zero-order chi connectivity index (χ0) is 12.1. The third kappa shape index (κ3) is 4.39. The quantitative estimate of drug-likeness (QED) is 0.574. The highest BCUT2D eigenvalue weighted by Crippen LogP contribution is 2.19. The van der Waals surface area contributed by atoms with E-state index in [1.54, 1.807) is 0 Å². The van der Waals surface area contributed by atoms with Gasteiger partial charge in [-0.2, -0.15) is 0 Å². The number of hydrogen-bond acceptors (Lipinski definition) is 6. The molecular weight excluding hydrogens is 222 g/mol. The summed E-state index contributed by atoms with van der Waals surface area (Å²) < 4.78 is 5.36. The SMILES string of the molecule is CC(=O)NCCNc1nnc(CNC2CC2)o1. The van der Waals surface area contributed by atoms with Gasteiger partial charge in [-0.25, -0.2) is 0 Å². The molecule has 1 amide bonds. The van der Waals surface area contributed by atoms with Gasteiger partial charge in [-0.1, -0.05) is 5.10 Å². The van der Waals surface area contributed by atoms with Crippen molar-refractivity contribution in [2.45, 2.75) is 32.4 Å². The van der Waals surface area contributed by atoms with E-state index in [0.717, 1.165) is 0 Å². The van der Waals surface area contributed by atoms with Crippen LogP contribution in [0.25, 0.3) is 0 Å². The van der Waals surface area contributed by atoms with Crippen LogP contribution in [-0.4, -0.2) is 35.2 Å². The summed E-state index contributed by atoms with van der Waals surface area (Å²) in [4.78, 5) is 10.6. The van der Waals surface area contributed by atoms with Gasteiger partial charge in [0, 0.05) is 26.1 Å². The molecule has 1 aliphatic carbocycles. The first-order chi connectivity index (χ1) is 8.24. The molecule has 94 valence electrons. The van der Waals surface area contributed by atoms with Crippen LogP contribution in [0, 0.1) is 0 Å². The van der Waals surface area contributed by atoms with Crippen molar-refractivity contribution in [2.75, 3.05) is 18.4 Å². The van der Waals surface area contributed by atoms with Crippen LogP contribution in [0.5, 0.6) is 0 Å². The number of hydrogen-bond donors (Lipinski definition) is 3. The minimum Gasteiger partial charge on any atom is -0.407 e. The van der Waals surface area contributed by atoms with Crippen molar-refractivity contribution in [3.63, 3.8) is 0 Å². The third-order valence-electron chi connectivity index (χ3n) is 2.36. The molecule has 17 heavy (non-hydrogen) atoms. The average Bonchev–Trinajstić information content (AvgIpc) is 3.01.